The predicted octanol–water partition coefficient (Wildman–Crippen LogP) is 2.93. The van der Waals surface area contributed by atoms with Gasteiger partial charge in [-0.3, -0.25) is 0 Å². The Balaban J connectivity index is 2.73. The van der Waals surface area contributed by atoms with E-state index in [0.717, 1.165) is 18.8 Å². The van der Waals surface area contributed by atoms with Crippen LogP contribution < -0.4 is 10.1 Å². The molecule has 0 saturated heterocycles. The maximum Gasteiger partial charge on any atom is 0.123 e. The fourth-order valence-corrected chi connectivity index (χ4v) is 1.89. The molecule has 0 aromatic heterocycles. The summed E-state index contributed by atoms with van der Waals surface area (Å²) in [5, 5.41) is 12.6. The summed E-state index contributed by atoms with van der Waals surface area (Å²) >= 11 is 0. The third-order valence-corrected chi connectivity index (χ3v) is 3.32. The third-order valence-electron chi connectivity index (χ3n) is 3.32. The fraction of sp³-hybridized carbons (Fsp3) is 0.625. The number of rotatable bonds is 7. The monoisotopic (exact) mass is 265 g/mol. The van der Waals surface area contributed by atoms with Crippen LogP contribution in [0.1, 0.15) is 44.7 Å². The molecule has 0 fully saturated rings. The van der Waals surface area contributed by atoms with Crippen molar-refractivity contribution >= 4 is 0 Å². The van der Waals surface area contributed by atoms with Crippen molar-refractivity contribution in [1.82, 2.24) is 5.32 Å². The Morgan fingerprint density at radius 2 is 2.00 bits per heavy atom. The van der Waals surface area contributed by atoms with Crippen molar-refractivity contribution in [3.05, 3.63) is 29.3 Å². The Hall–Kier alpha value is -1.06. The largest absolute Gasteiger partial charge is 0.496 e. The highest BCUT2D eigenvalue weighted by Crippen LogP contribution is 2.24. The van der Waals surface area contributed by atoms with E-state index >= 15 is 0 Å². The van der Waals surface area contributed by atoms with Gasteiger partial charge in [-0.1, -0.05) is 39.8 Å². The van der Waals surface area contributed by atoms with Gasteiger partial charge in [-0.25, -0.2) is 0 Å². The molecule has 108 valence electrons. The first-order valence-corrected chi connectivity index (χ1v) is 6.88. The van der Waals surface area contributed by atoms with Crippen LogP contribution in [-0.2, 0) is 6.54 Å². The van der Waals surface area contributed by atoms with Crippen LogP contribution in [0.25, 0.3) is 0 Å². The van der Waals surface area contributed by atoms with E-state index < -0.39 is 0 Å². The van der Waals surface area contributed by atoms with Gasteiger partial charge >= 0.3 is 0 Å². The summed E-state index contributed by atoms with van der Waals surface area (Å²) in [5.41, 5.74) is 2.39. The molecule has 0 atom stereocenters. The molecule has 0 saturated carbocycles. The Morgan fingerprint density at radius 1 is 1.32 bits per heavy atom. The number of hydrogen-bond acceptors (Lipinski definition) is 3. The van der Waals surface area contributed by atoms with E-state index in [1.54, 1.807) is 7.11 Å². The Bertz CT molecular complexity index is 400. The lowest BCUT2D eigenvalue weighted by atomic mass is 9.94. The van der Waals surface area contributed by atoms with Crippen LogP contribution in [0.4, 0.5) is 0 Å². The molecule has 2 N–H and O–H groups in total. The van der Waals surface area contributed by atoms with E-state index in [9.17, 15) is 5.11 Å². The van der Waals surface area contributed by atoms with Gasteiger partial charge in [0.1, 0.15) is 5.75 Å². The average Bonchev–Trinajstić information content (AvgIpc) is 2.38. The molecular formula is C16H27NO2. The van der Waals surface area contributed by atoms with E-state index in [1.807, 2.05) is 19.9 Å². The van der Waals surface area contributed by atoms with Gasteiger partial charge in [0, 0.05) is 30.7 Å². The van der Waals surface area contributed by atoms with Gasteiger partial charge < -0.3 is 15.2 Å². The quantitative estimate of drug-likeness (QED) is 0.796. The van der Waals surface area contributed by atoms with Gasteiger partial charge in [0.2, 0.25) is 0 Å². The zero-order valence-corrected chi connectivity index (χ0v) is 12.8. The second-order valence-electron chi connectivity index (χ2n) is 6.15. The number of benzene rings is 1. The van der Waals surface area contributed by atoms with Gasteiger partial charge in [0.25, 0.3) is 0 Å². The van der Waals surface area contributed by atoms with E-state index in [4.69, 9.17) is 4.74 Å². The first kappa shape index (κ1) is 16.0. The molecule has 1 aromatic rings. The highest BCUT2D eigenvalue weighted by molar-refractivity contribution is 5.38. The number of hydrogen-bond donors (Lipinski definition) is 2. The summed E-state index contributed by atoms with van der Waals surface area (Å²) in [6, 6.07) is 6.34. The van der Waals surface area contributed by atoms with E-state index in [1.165, 1.54) is 11.1 Å². The molecule has 0 heterocycles. The summed E-state index contributed by atoms with van der Waals surface area (Å²) < 4.78 is 5.40. The first-order valence-electron chi connectivity index (χ1n) is 6.88. The molecular weight excluding hydrogens is 238 g/mol. The van der Waals surface area contributed by atoms with Gasteiger partial charge in [-0.2, -0.15) is 0 Å². The van der Waals surface area contributed by atoms with Gasteiger partial charge in [-0.05, 0) is 17.5 Å². The second-order valence-corrected chi connectivity index (χ2v) is 6.15. The third kappa shape index (κ3) is 4.84. The molecule has 0 unspecified atom stereocenters. The van der Waals surface area contributed by atoms with Crippen LogP contribution in [0, 0.1) is 5.41 Å². The van der Waals surface area contributed by atoms with Crippen LogP contribution in [0.15, 0.2) is 18.2 Å². The maximum absolute atomic E-state index is 9.24. The number of aliphatic hydroxyl groups is 1. The maximum atomic E-state index is 9.24. The van der Waals surface area contributed by atoms with Crippen LogP contribution in [0.5, 0.6) is 5.75 Å². The van der Waals surface area contributed by atoms with E-state index in [-0.39, 0.29) is 12.0 Å². The SMILES string of the molecule is COc1ccc(C(C)C)cc1CNCC(C)(C)CO. The molecule has 0 aliphatic heterocycles. The van der Waals surface area contributed by atoms with E-state index in [2.05, 4.69) is 31.3 Å². The van der Waals surface area contributed by atoms with Crippen LogP contribution in [-0.4, -0.2) is 25.4 Å². The lowest BCUT2D eigenvalue weighted by molar-refractivity contribution is 0.156. The minimum atomic E-state index is -0.0944. The summed E-state index contributed by atoms with van der Waals surface area (Å²) in [7, 11) is 1.70. The zero-order valence-electron chi connectivity index (χ0n) is 12.8. The summed E-state index contributed by atoms with van der Waals surface area (Å²) in [6.45, 7) is 10.2. The molecule has 0 radical (unpaired) electrons. The van der Waals surface area contributed by atoms with Crippen LogP contribution >= 0.6 is 0 Å². The normalized spacial score (nSPS) is 11.9. The Morgan fingerprint density at radius 3 is 2.53 bits per heavy atom. The molecule has 0 aliphatic carbocycles. The lowest BCUT2D eigenvalue weighted by Gasteiger charge is -2.22. The lowest BCUT2D eigenvalue weighted by Crippen LogP contribution is -2.32. The van der Waals surface area contributed by atoms with Crippen molar-refractivity contribution < 1.29 is 9.84 Å². The fourth-order valence-electron chi connectivity index (χ4n) is 1.89. The molecule has 1 aromatic carbocycles. The van der Waals surface area contributed by atoms with Crippen molar-refractivity contribution in [2.45, 2.75) is 40.2 Å². The number of methoxy groups -OCH3 is 1. The van der Waals surface area contributed by atoms with Gasteiger partial charge in [0.05, 0.1) is 7.11 Å². The molecule has 1 rings (SSSR count). The molecule has 0 aliphatic rings. The number of nitrogens with one attached hydrogen (secondary N) is 1. The van der Waals surface area contributed by atoms with Crippen molar-refractivity contribution in [2.24, 2.45) is 5.41 Å². The smallest absolute Gasteiger partial charge is 0.123 e. The van der Waals surface area contributed by atoms with Crippen LogP contribution in [0.3, 0.4) is 0 Å². The highest BCUT2D eigenvalue weighted by Gasteiger charge is 2.16. The Kier molecular flexibility index (Phi) is 5.83. The molecule has 0 spiro atoms. The summed E-state index contributed by atoms with van der Waals surface area (Å²) in [5.74, 6) is 1.43. The first-order chi connectivity index (χ1) is 8.89. The van der Waals surface area contributed by atoms with Crippen molar-refractivity contribution in [2.75, 3.05) is 20.3 Å². The number of aliphatic hydroxyl groups excluding tert-OH is 1. The standard InChI is InChI=1S/C16H27NO2/c1-12(2)13-6-7-15(19-5)14(8-13)9-17-10-16(3,4)11-18/h6-8,12,17-18H,9-11H2,1-5H3. The second kappa shape index (κ2) is 6.92. The summed E-state index contributed by atoms with van der Waals surface area (Å²) in [4.78, 5) is 0. The topological polar surface area (TPSA) is 41.5 Å². The average molecular weight is 265 g/mol. The molecule has 0 bridgehead atoms. The number of ether oxygens (including phenoxy) is 1. The Labute approximate surface area is 117 Å². The van der Waals surface area contributed by atoms with Crippen molar-refractivity contribution in [3.63, 3.8) is 0 Å². The van der Waals surface area contributed by atoms with E-state index in [0.29, 0.717) is 5.92 Å². The van der Waals surface area contributed by atoms with Gasteiger partial charge in [-0.15, -0.1) is 0 Å². The van der Waals surface area contributed by atoms with Crippen molar-refractivity contribution in [3.8, 4) is 5.75 Å². The van der Waals surface area contributed by atoms with Gasteiger partial charge in [0.15, 0.2) is 0 Å². The molecule has 0 amide bonds. The molecule has 19 heavy (non-hydrogen) atoms. The molecule has 3 heteroatoms. The molecule has 3 nitrogen and oxygen atoms in total. The summed E-state index contributed by atoms with van der Waals surface area (Å²) in [6.07, 6.45) is 0. The predicted molar refractivity (Wildman–Crippen MR) is 79.7 cm³/mol. The van der Waals surface area contributed by atoms with Crippen molar-refractivity contribution in [1.29, 1.82) is 0 Å². The zero-order chi connectivity index (χ0) is 14.5. The minimum Gasteiger partial charge on any atom is -0.496 e. The van der Waals surface area contributed by atoms with Crippen LogP contribution in [0.2, 0.25) is 0 Å². The highest BCUT2D eigenvalue weighted by atomic mass is 16.5. The minimum absolute atomic E-state index is 0.0944.